The Balaban J connectivity index is 2.18. The topological polar surface area (TPSA) is 76.7 Å². The molecule has 0 unspecified atom stereocenters. The van der Waals surface area contributed by atoms with E-state index in [0.717, 1.165) is 11.3 Å². The third kappa shape index (κ3) is 6.85. The number of ether oxygens (including phenoxy) is 2. The molecule has 0 heterocycles. The van der Waals surface area contributed by atoms with Gasteiger partial charge in [-0.25, -0.2) is 10.2 Å². The highest BCUT2D eigenvalue weighted by Crippen LogP contribution is 2.21. The van der Waals surface area contributed by atoms with Crippen LogP contribution in [0.1, 0.15) is 25.3 Å². The average Bonchev–Trinajstić information content (AvgIpc) is 2.43. The molecule has 6 nitrogen and oxygen atoms in total. The Labute approximate surface area is 128 Å². The fourth-order valence-electron chi connectivity index (χ4n) is 1.54. The molecule has 2 N–H and O–H groups in total. The van der Waals surface area contributed by atoms with Crippen molar-refractivity contribution in [2.75, 3.05) is 13.2 Å². The zero-order chi connectivity index (χ0) is 15.7. The fraction of sp³-hybridized carbons (Fsp3) is 0.429. The number of amides is 2. The molecule has 0 saturated heterocycles. The van der Waals surface area contributed by atoms with E-state index in [4.69, 9.17) is 16.3 Å². The Morgan fingerprint density at radius 2 is 2.05 bits per heavy atom. The summed E-state index contributed by atoms with van der Waals surface area (Å²) in [4.78, 5) is 22.4. The fourth-order valence-corrected chi connectivity index (χ4v) is 1.77. The highest BCUT2D eigenvalue weighted by Gasteiger charge is 2.05. The third-order valence-corrected chi connectivity index (χ3v) is 2.76. The highest BCUT2D eigenvalue weighted by molar-refractivity contribution is 6.30. The summed E-state index contributed by atoms with van der Waals surface area (Å²) in [5.74, 6) is 0.434. The minimum Gasteiger partial charge on any atom is -0.493 e. The van der Waals surface area contributed by atoms with E-state index in [0.29, 0.717) is 18.1 Å². The summed E-state index contributed by atoms with van der Waals surface area (Å²) in [5.41, 5.74) is 5.33. The van der Waals surface area contributed by atoms with Crippen LogP contribution in [-0.4, -0.2) is 25.2 Å². The Morgan fingerprint density at radius 3 is 2.71 bits per heavy atom. The van der Waals surface area contributed by atoms with Gasteiger partial charge in [-0.3, -0.25) is 10.2 Å². The molecule has 116 valence electrons. The lowest BCUT2D eigenvalue weighted by Crippen LogP contribution is -2.41. The third-order valence-electron chi connectivity index (χ3n) is 2.52. The smallest absolute Gasteiger partial charge is 0.426 e. The highest BCUT2D eigenvalue weighted by atomic mass is 35.5. The molecule has 0 aliphatic carbocycles. The molecule has 0 atom stereocenters. The maximum Gasteiger partial charge on any atom is 0.426 e. The molecule has 0 spiro atoms. The van der Waals surface area contributed by atoms with Gasteiger partial charge >= 0.3 is 6.09 Å². The maximum absolute atomic E-state index is 11.4. The number of benzene rings is 1. The Kier molecular flexibility index (Phi) is 7.39. The average molecular weight is 315 g/mol. The molecule has 1 rings (SSSR count). The van der Waals surface area contributed by atoms with Gasteiger partial charge in [-0.2, -0.15) is 0 Å². The number of aryl methyl sites for hydroxylation is 1. The number of rotatable bonds is 6. The molecule has 0 saturated carbocycles. The lowest BCUT2D eigenvalue weighted by molar-refractivity contribution is -0.122. The molecule has 7 heteroatoms. The van der Waals surface area contributed by atoms with Gasteiger partial charge in [0.05, 0.1) is 13.2 Å². The molecule has 0 fully saturated rings. The first-order valence-electron chi connectivity index (χ1n) is 6.63. The van der Waals surface area contributed by atoms with Crippen LogP contribution in [-0.2, 0) is 9.53 Å². The molecule has 0 bridgehead atoms. The molecule has 2 amide bonds. The first-order valence-corrected chi connectivity index (χ1v) is 7.01. The van der Waals surface area contributed by atoms with Crippen molar-refractivity contribution < 1.29 is 19.1 Å². The van der Waals surface area contributed by atoms with Crippen molar-refractivity contribution in [3.05, 3.63) is 28.8 Å². The van der Waals surface area contributed by atoms with Crippen LogP contribution in [0.5, 0.6) is 5.75 Å². The number of carbonyl (C=O) groups excluding carboxylic acids is 2. The van der Waals surface area contributed by atoms with Crippen LogP contribution in [0.4, 0.5) is 4.79 Å². The lowest BCUT2D eigenvalue weighted by atomic mass is 10.2. The molecule has 1 aromatic carbocycles. The van der Waals surface area contributed by atoms with Gasteiger partial charge in [-0.15, -0.1) is 0 Å². The van der Waals surface area contributed by atoms with Gasteiger partial charge in [0.25, 0.3) is 0 Å². The summed E-state index contributed by atoms with van der Waals surface area (Å²) in [6.07, 6.45) is 0.0798. The van der Waals surface area contributed by atoms with Gasteiger partial charge in [0, 0.05) is 11.4 Å². The van der Waals surface area contributed by atoms with Crippen molar-refractivity contribution in [2.24, 2.45) is 0 Å². The van der Waals surface area contributed by atoms with Crippen molar-refractivity contribution in [1.82, 2.24) is 10.9 Å². The van der Waals surface area contributed by atoms with Crippen LogP contribution < -0.4 is 15.6 Å². The van der Waals surface area contributed by atoms with Gasteiger partial charge in [0.1, 0.15) is 5.75 Å². The van der Waals surface area contributed by atoms with Crippen LogP contribution in [0.25, 0.3) is 0 Å². The number of hydrogen-bond acceptors (Lipinski definition) is 4. The minimum atomic E-state index is -0.682. The number of carbonyl (C=O) groups is 2. The van der Waals surface area contributed by atoms with E-state index in [-0.39, 0.29) is 18.9 Å². The number of hydrazine groups is 1. The van der Waals surface area contributed by atoms with Gasteiger partial charge in [-0.1, -0.05) is 11.6 Å². The standard InChI is InChI=1S/C14H19ClN2O4/c1-3-20-14(19)17-16-13(18)5-4-8-21-12-7-6-11(15)9-10(12)2/h6-7,9H,3-5,8H2,1-2H3,(H,16,18)(H,17,19). The first kappa shape index (κ1) is 17.1. The first-order chi connectivity index (χ1) is 10.0. The van der Waals surface area contributed by atoms with Crippen LogP contribution in [0.3, 0.4) is 0 Å². The summed E-state index contributed by atoms with van der Waals surface area (Å²) < 4.78 is 10.2. The van der Waals surface area contributed by atoms with Crippen LogP contribution >= 0.6 is 11.6 Å². The zero-order valence-electron chi connectivity index (χ0n) is 12.1. The molecule has 0 radical (unpaired) electrons. The van der Waals surface area contributed by atoms with Gasteiger partial charge in [-0.05, 0) is 44.0 Å². The Hall–Kier alpha value is -1.95. The minimum absolute atomic E-state index is 0.235. The zero-order valence-corrected chi connectivity index (χ0v) is 12.8. The molecule has 1 aromatic rings. The molecule has 0 aromatic heterocycles. The lowest BCUT2D eigenvalue weighted by Gasteiger charge is -2.10. The molecular formula is C14H19ClN2O4. The van der Waals surface area contributed by atoms with Crippen LogP contribution in [0.2, 0.25) is 5.02 Å². The molecule has 21 heavy (non-hydrogen) atoms. The SMILES string of the molecule is CCOC(=O)NNC(=O)CCCOc1ccc(Cl)cc1C. The predicted octanol–water partition coefficient (Wildman–Crippen LogP) is 2.58. The van der Waals surface area contributed by atoms with Crippen LogP contribution in [0, 0.1) is 6.92 Å². The quantitative estimate of drug-likeness (QED) is 0.625. The van der Waals surface area contributed by atoms with Gasteiger partial charge < -0.3 is 9.47 Å². The van der Waals surface area contributed by atoms with E-state index < -0.39 is 6.09 Å². The predicted molar refractivity (Wildman–Crippen MR) is 79.2 cm³/mol. The van der Waals surface area contributed by atoms with Gasteiger partial charge in [0.2, 0.25) is 5.91 Å². The van der Waals surface area contributed by atoms with Crippen molar-refractivity contribution in [1.29, 1.82) is 0 Å². The van der Waals surface area contributed by atoms with Crippen molar-refractivity contribution in [2.45, 2.75) is 26.7 Å². The number of hydrogen-bond donors (Lipinski definition) is 2. The van der Waals surface area contributed by atoms with E-state index in [2.05, 4.69) is 15.6 Å². The van der Waals surface area contributed by atoms with E-state index >= 15 is 0 Å². The summed E-state index contributed by atoms with van der Waals surface area (Å²) in [5, 5.41) is 0.657. The number of halogens is 1. The van der Waals surface area contributed by atoms with E-state index in [9.17, 15) is 9.59 Å². The summed E-state index contributed by atoms with van der Waals surface area (Å²) >= 11 is 5.85. The summed E-state index contributed by atoms with van der Waals surface area (Å²) in [6, 6.07) is 5.35. The van der Waals surface area contributed by atoms with Crippen LogP contribution in [0.15, 0.2) is 18.2 Å². The van der Waals surface area contributed by atoms with Crippen molar-refractivity contribution >= 4 is 23.6 Å². The Bertz CT molecular complexity index is 494. The summed E-state index contributed by atoms with van der Waals surface area (Å²) in [6.45, 7) is 4.22. The largest absolute Gasteiger partial charge is 0.493 e. The maximum atomic E-state index is 11.4. The second kappa shape index (κ2) is 9.07. The molecule has 0 aliphatic heterocycles. The second-order valence-electron chi connectivity index (χ2n) is 4.26. The Morgan fingerprint density at radius 1 is 1.29 bits per heavy atom. The van der Waals surface area contributed by atoms with Crippen molar-refractivity contribution in [3.63, 3.8) is 0 Å². The monoisotopic (exact) mass is 314 g/mol. The van der Waals surface area contributed by atoms with E-state index in [1.165, 1.54) is 0 Å². The van der Waals surface area contributed by atoms with E-state index in [1.54, 1.807) is 19.1 Å². The number of nitrogens with one attached hydrogen (secondary N) is 2. The van der Waals surface area contributed by atoms with E-state index in [1.807, 2.05) is 13.0 Å². The molecular weight excluding hydrogens is 296 g/mol. The second-order valence-corrected chi connectivity index (χ2v) is 4.69. The summed E-state index contributed by atoms with van der Waals surface area (Å²) in [7, 11) is 0. The van der Waals surface area contributed by atoms with Gasteiger partial charge in [0.15, 0.2) is 0 Å². The normalized spacial score (nSPS) is 9.86. The molecule has 0 aliphatic rings. The van der Waals surface area contributed by atoms with Crippen molar-refractivity contribution in [3.8, 4) is 5.75 Å².